The van der Waals surface area contributed by atoms with Gasteiger partial charge in [-0.2, -0.15) is 0 Å². The fourth-order valence-corrected chi connectivity index (χ4v) is 6.41. The Morgan fingerprint density at radius 1 is 0.976 bits per heavy atom. The van der Waals surface area contributed by atoms with Crippen LogP contribution < -0.4 is 14.4 Å². The van der Waals surface area contributed by atoms with Crippen LogP contribution in [0.2, 0.25) is 0 Å². The Hall–Kier alpha value is -4.17. The number of anilines is 1. The average molecular weight is 571 g/mol. The maximum atomic E-state index is 13.8. The van der Waals surface area contributed by atoms with Crippen molar-refractivity contribution in [1.29, 1.82) is 0 Å². The summed E-state index contributed by atoms with van der Waals surface area (Å²) in [6, 6.07) is 14.2. The highest BCUT2D eigenvalue weighted by Gasteiger charge is 2.48. The number of thiazole rings is 1. The quantitative estimate of drug-likeness (QED) is 0.103. The molecular formula is C33H34N2O5S. The number of hydrogen-bond donors (Lipinski definition) is 1. The monoisotopic (exact) mass is 570 g/mol. The number of fused-ring (bicyclic) bond motifs is 1. The van der Waals surface area contributed by atoms with E-state index in [1.54, 1.807) is 19.2 Å². The molecular weight excluding hydrogens is 536 g/mol. The van der Waals surface area contributed by atoms with Crippen molar-refractivity contribution < 1.29 is 24.2 Å². The highest BCUT2D eigenvalue weighted by molar-refractivity contribution is 7.22. The predicted molar refractivity (Wildman–Crippen MR) is 163 cm³/mol. The fraction of sp³-hybridized carbons (Fsp3) is 0.303. The molecule has 41 heavy (non-hydrogen) atoms. The Kier molecular flexibility index (Phi) is 7.87. The standard InChI is InChI=1S/C33H34N2O5S/c1-7-8-13-40-24-12-11-22(17-25(24)39-6)29-27(30(36)23-15-18(2)9-10-20(23)4)31(37)32(38)35(29)33-34-28-21(5)14-19(3)16-26(28)41-33/h9-12,14-17,29,36H,7-8,13H2,1-6H3. The molecule has 4 aromatic rings. The van der Waals surface area contributed by atoms with Gasteiger partial charge in [0.25, 0.3) is 5.78 Å². The van der Waals surface area contributed by atoms with Crippen molar-refractivity contribution in [2.45, 2.75) is 53.5 Å². The van der Waals surface area contributed by atoms with Crippen LogP contribution in [0.1, 0.15) is 59.2 Å². The molecule has 1 aliphatic heterocycles. The largest absolute Gasteiger partial charge is 0.507 e. The van der Waals surface area contributed by atoms with Crippen molar-refractivity contribution in [3.63, 3.8) is 0 Å². The second-order valence-electron chi connectivity index (χ2n) is 10.5. The minimum Gasteiger partial charge on any atom is -0.507 e. The Morgan fingerprint density at radius 2 is 1.76 bits per heavy atom. The van der Waals surface area contributed by atoms with E-state index in [2.05, 4.69) is 6.92 Å². The molecule has 0 radical (unpaired) electrons. The third-order valence-corrected chi connectivity index (χ3v) is 8.38. The first kappa shape index (κ1) is 28.4. The van der Waals surface area contributed by atoms with Crippen molar-refractivity contribution in [3.8, 4) is 11.5 Å². The van der Waals surface area contributed by atoms with E-state index in [1.165, 1.54) is 16.2 Å². The molecule has 1 atom stereocenters. The maximum Gasteiger partial charge on any atom is 0.301 e. The highest BCUT2D eigenvalue weighted by Crippen LogP contribution is 2.46. The zero-order chi connectivity index (χ0) is 29.4. The predicted octanol–water partition coefficient (Wildman–Crippen LogP) is 7.34. The molecule has 1 fully saturated rings. The van der Waals surface area contributed by atoms with Crippen LogP contribution >= 0.6 is 11.3 Å². The Morgan fingerprint density at radius 3 is 2.49 bits per heavy atom. The Labute approximate surface area is 244 Å². The van der Waals surface area contributed by atoms with Crippen LogP contribution in [0.25, 0.3) is 16.0 Å². The summed E-state index contributed by atoms with van der Waals surface area (Å²) >= 11 is 1.35. The lowest BCUT2D eigenvalue weighted by molar-refractivity contribution is -0.132. The van der Waals surface area contributed by atoms with Crippen LogP contribution in [0, 0.1) is 27.7 Å². The molecule has 0 bridgehead atoms. The molecule has 1 N–H and O–H groups in total. The first-order chi connectivity index (χ1) is 19.6. The topological polar surface area (TPSA) is 89.0 Å². The minimum atomic E-state index is -0.921. The van der Waals surface area contributed by atoms with Gasteiger partial charge >= 0.3 is 5.91 Å². The van der Waals surface area contributed by atoms with E-state index in [1.807, 2.05) is 64.1 Å². The van der Waals surface area contributed by atoms with E-state index in [0.717, 1.165) is 45.3 Å². The first-order valence-electron chi connectivity index (χ1n) is 13.7. The zero-order valence-electron chi connectivity index (χ0n) is 24.2. The lowest BCUT2D eigenvalue weighted by Crippen LogP contribution is -2.29. The van der Waals surface area contributed by atoms with Crippen LogP contribution in [-0.4, -0.2) is 35.5 Å². The van der Waals surface area contributed by atoms with Crippen molar-refractivity contribution in [2.24, 2.45) is 0 Å². The average Bonchev–Trinajstić information content (AvgIpc) is 3.48. The van der Waals surface area contributed by atoms with Crippen LogP contribution in [-0.2, 0) is 9.59 Å². The number of aromatic nitrogens is 1. The number of ketones is 1. The Balaban J connectivity index is 1.73. The molecule has 5 rings (SSSR count). The van der Waals surface area contributed by atoms with E-state index < -0.39 is 17.7 Å². The van der Waals surface area contributed by atoms with E-state index >= 15 is 0 Å². The third kappa shape index (κ3) is 5.20. The number of carbonyl (C=O) groups is 2. The van der Waals surface area contributed by atoms with Gasteiger partial charge in [0.2, 0.25) is 0 Å². The van der Waals surface area contributed by atoms with E-state index in [4.69, 9.17) is 14.5 Å². The molecule has 8 heteroatoms. The van der Waals surface area contributed by atoms with E-state index in [0.29, 0.717) is 34.4 Å². The van der Waals surface area contributed by atoms with Gasteiger partial charge in [-0.25, -0.2) is 4.98 Å². The molecule has 2 heterocycles. The SMILES string of the molecule is CCCCOc1ccc(C2C(=C(O)c3cc(C)ccc3C)C(=O)C(=O)N2c2nc3c(C)cc(C)cc3s2)cc1OC. The molecule has 1 unspecified atom stereocenters. The number of unbranched alkanes of at least 4 members (excludes halogenated alkanes) is 1. The number of carbonyl (C=O) groups excluding carboxylic acids is 2. The summed E-state index contributed by atoms with van der Waals surface area (Å²) < 4.78 is 12.5. The van der Waals surface area contributed by atoms with Crippen molar-refractivity contribution in [1.82, 2.24) is 4.98 Å². The molecule has 1 saturated heterocycles. The molecule has 0 spiro atoms. The van der Waals surface area contributed by atoms with Gasteiger partial charge in [0.15, 0.2) is 16.6 Å². The Bertz CT molecular complexity index is 1700. The number of methoxy groups -OCH3 is 1. The van der Waals surface area contributed by atoms with Crippen molar-refractivity contribution in [3.05, 3.63) is 87.5 Å². The summed E-state index contributed by atoms with van der Waals surface area (Å²) in [5, 5.41) is 12.1. The molecule has 7 nitrogen and oxygen atoms in total. The molecule has 1 aromatic heterocycles. The third-order valence-electron chi connectivity index (χ3n) is 7.38. The summed E-state index contributed by atoms with van der Waals surface area (Å²) in [5.74, 6) is -0.665. The lowest BCUT2D eigenvalue weighted by Gasteiger charge is -2.24. The summed E-state index contributed by atoms with van der Waals surface area (Å²) in [5.41, 5.74) is 5.69. The molecule has 0 aliphatic carbocycles. The number of benzene rings is 3. The van der Waals surface area contributed by atoms with Crippen LogP contribution in [0.3, 0.4) is 0 Å². The van der Waals surface area contributed by atoms with Gasteiger partial charge in [0.1, 0.15) is 5.76 Å². The number of aryl methyl sites for hydroxylation is 4. The van der Waals surface area contributed by atoms with Crippen LogP contribution in [0.5, 0.6) is 11.5 Å². The number of rotatable bonds is 8. The summed E-state index contributed by atoms with van der Waals surface area (Å²) in [4.78, 5) is 33.7. The van der Waals surface area contributed by atoms with E-state index in [9.17, 15) is 14.7 Å². The van der Waals surface area contributed by atoms with Crippen LogP contribution in [0.15, 0.2) is 54.1 Å². The fourth-order valence-electron chi connectivity index (χ4n) is 5.24. The maximum absolute atomic E-state index is 13.8. The van der Waals surface area contributed by atoms with Gasteiger partial charge in [-0.05, 0) is 80.6 Å². The smallest absolute Gasteiger partial charge is 0.301 e. The van der Waals surface area contributed by atoms with Gasteiger partial charge in [0, 0.05) is 5.56 Å². The first-order valence-corrected chi connectivity index (χ1v) is 14.5. The summed E-state index contributed by atoms with van der Waals surface area (Å²) in [6.45, 7) is 10.4. The second kappa shape index (κ2) is 11.4. The number of ether oxygens (including phenoxy) is 2. The van der Waals surface area contributed by atoms with Gasteiger partial charge in [-0.3, -0.25) is 14.5 Å². The van der Waals surface area contributed by atoms with Gasteiger partial charge in [0.05, 0.1) is 35.5 Å². The highest BCUT2D eigenvalue weighted by atomic mass is 32.1. The molecule has 1 amide bonds. The number of Topliss-reactive ketones (excluding diaryl/α,β-unsaturated/α-hetero) is 1. The molecule has 3 aromatic carbocycles. The van der Waals surface area contributed by atoms with Gasteiger partial charge < -0.3 is 14.6 Å². The molecule has 0 saturated carbocycles. The summed E-state index contributed by atoms with van der Waals surface area (Å²) in [7, 11) is 1.55. The normalized spacial score (nSPS) is 16.5. The number of amides is 1. The number of aliphatic hydroxyl groups is 1. The zero-order valence-corrected chi connectivity index (χ0v) is 25.0. The molecule has 1 aliphatic rings. The lowest BCUT2D eigenvalue weighted by atomic mass is 9.93. The van der Waals surface area contributed by atoms with Gasteiger partial charge in [-0.1, -0.05) is 54.5 Å². The number of aliphatic hydroxyl groups excluding tert-OH is 1. The molecule has 212 valence electrons. The summed E-state index contributed by atoms with van der Waals surface area (Å²) in [6.07, 6.45) is 1.89. The minimum absolute atomic E-state index is 0.0116. The number of hydrogen-bond acceptors (Lipinski definition) is 7. The van der Waals surface area contributed by atoms with Crippen molar-refractivity contribution in [2.75, 3.05) is 18.6 Å². The number of nitrogens with zero attached hydrogens (tertiary/aromatic N) is 2. The van der Waals surface area contributed by atoms with Crippen molar-refractivity contribution >= 4 is 44.1 Å². The van der Waals surface area contributed by atoms with E-state index in [-0.39, 0.29) is 11.3 Å². The van der Waals surface area contributed by atoms with Crippen LogP contribution in [0.4, 0.5) is 5.13 Å². The van der Waals surface area contributed by atoms with Gasteiger partial charge in [-0.15, -0.1) is 0 Å². The second-order valence-corrected chi connectivity index (χ2v) is 11.5.